The van der Waals surface area contributed by atoms with Gasteiger partial charge in [0.25, 0.3) is 5.91 Å². The lowest BCUT2D eigenvalue weighted by Crippen LogP contribution is -2.45. The Morgan fingerprint density at radius 2 is 2.07 bits per heavy atom. The van der Waals surface area contributed by atoms with Gasteiger partial charge in [0.1, 0.15) is 11.1 Å². The van der Waals surface area contributed by atoms with Crippen LogP contribution >= 0.6 is 11.8 Å². The lowest BCUT2D eigenvalue weighted by Gasteiger charge is -2.34. The van der Waals surface area contributed by atoms with Crippen LogP contribution in [0.25, 0.3) is 0 Å². The predicted octanol–water partition coefficient (Wildman–Crippen LogP) is 3.65. The molecule has 2 fully saturated rings. The maximum atomic E-state index is 12.6. The molecule has 3 rings (SSSR count). The summed E-state index contributed by atoms with van der Waals surface area (Å²) < 4.78 is 5.25. The third kappa shape index (κ3) is 4.67. The minimum Gasteiger partial charge on any atom is -0.452 e. The third-order valence-corrected chi connectivity index (χ3v) is 6.60. The van der Waals surface area contributed by atoms with E-state index in [4.69, 9.17) is 4.74 Å². The second kappa shape index (κ2) is 8.95. The zero-order valence-corrected chi connectivity index (χ0v) is 17.5. The molecule has 1 N–H and O–H groups in total. The summed E-state index contributed by atoms with van der Waals surface area (Å²) in [6.45, 7) is 4.02. The lowest BCUT2D eigenvalue weighted by molar-refractivity contribution is -0.125. The van der Waals surface area contributed by atoms with Crippen LogP contribution in [-0.4, -0.2) is 35.8 Å². The highest BCUT2D eigenvalue weighted by molar-refractivity contribution is 7.98. The van der Waals surface area contributed by atoms with E-state index < -0.39 is 5.97 Å². The highest BCUT2D eigenvalue weighted by Gasteiger charge is 2.30. The molecule has 7 heteroatoms. The summed E-state index contributed by atoms with van der Waals surface area (Å²) in [6.07, 6.45) is 7.15. The number of carbonyl (C=O) groups excluding carboxylic acids is 2. The lowest BCUT2D eigenvalue weighted by atomic mass is 9.78. The van der Waals surface area contributed by atoms with Gasteiger partial charge in [0.2, 0.25) is 0 Å². The summed E-state index contributed by atoms with van der Waals surface area (Å²) >= 11 is 1.34. The van der Waals surface area contributed by atoms with Crippen LogP contribution in [0.15, 0.2) is 11.1 Å². The number of carbonyl (C=O) groups is 2. The van der Waals surface area contributed by atoms with Gasteiger partial charge < -0.3 is 10.1 Å². The first-order chi connectivity index (χ1) is 13.4. The van der Waals surface area contributed by atoms with E-state index in [-0.39, 0.29) is 29.7 Å². The Morgan fingerprint density at radius 1 is 1.32 bits per heavy atom. The van der Waals surface area contributed by atoms with Crippen molar-refractivity contribution < 1.29 is 14.3 Å². The average molecular weight is 402 g/mol. The molecule has 28 heavy (non-hydrogen) atoms. The number of aromatic nitrogens is 1. The number of pyridine rings is 1. The number of rotatable bonds is 6. The van der Waals surface area contributed by atoms with E-state index in [0.29, 0.717) is 22.8 Å². The molecule has 1 aromatic heterocycles. The summed E-state index contributed by atoms with van der Waals surface area (Å²) in [5.74, 6) is 0.394. The largest absolute Gasteiger partial charge is 0.452 e. The van der Waals surface area contributed by atoms with Gasteiger partial charge in [-0.05, 0) is 43.4 Å². The minimum absolute atomic E-state index is 0.120. The molecule has 1 amide bonds. The molecule has 2 aliphatic rings. The number of nitriles is 1. The molecule has 0 aromatic carbocycles. The number of hydrogen-bond acceptors (Lipinski definition) is 6. The van der Waals surface area contributed by atoms with Gasteiger partial charge in [-0.25, -0.2) is 9.78 Å². The molecule has 0 spiro atoms. The van der Waals surface area contributed by atoms with Gasteiger partial charge in [-0.2, -0.15) is 5.26 Å². The molecule has 2 aliphatic carbocycles. The molecule has 0 saturated heterocycles. The van der Waals surface area contributed by atoms with Crippen molar-refractivity contribution in [3.63, 3.8) is 0 Å². The van der Waals surface area contributed by atoms with E-state index in [2.05, 4.69) is 30.2 Å². The first kappa shape index (κ1) is 20.7. The molecule has 1 heterocycles. The number of hydrogen-bond donors (Lipinski definition) is 1. The monoisotopic (exact) mass is 401 g/mol. The van der Waals surface area contributed by atoms with Crippen LogP contribution < -0.4 is 5.32 Å². The molecule has 0 unspecified atom stereocenters. The summed E-state index contributed by atoms with van der Waals surface area (Å²) in [4.78, 5) is 29.4. The predicted molar refractivity (Wildman–Crippen MR) is 107 cm³/mol. The van der Waals surface area contributed by atoms with Crippen molar-refractivity contribution in [3.8, 4) is 6.07 Å². The van der Waals surface area contributed by atoms with E-state index in [1.54, 1.807) is 6.07 Å². The van der Waals surface area contributed by atoms with Crippen molar-refractivity contribution in [2.24, 2.45) is 11.8 Å². The van der Waals surface area contributed by atoms with Crippen molar-refractivity contribution in [1.29, 1.82) is 5.26 Å². The van der Waals surface area contributed by atoms with Gasteiger partial charge in [0.15, 0.2) is 6.61 Å². The van der Waals surface area contributed by atoms with E-state index in [0.717, 1.165) is 31.4 Å². The van der Waals surface area contributed by atoms with Crippen molar-refractivity contribution >= 4 is 23.6 Å². The van der Waals surface area contributed by atoms with Crippen LogP contribution in [0, 0.1) is 23.2 Å². The normalized spacial score (nSPS) is 24.3. The van der Waals surface area contributed by atoms with Crippen LogP contribution in [0.3, 0.4) is 0 Å². The fourth-order valence-electron chi connectivity index (χ4n) is 3.79. The Morgan fingerprint density at radius 3 is 2.71 bits per heavy atom. The highest BCUT2D eigenvalue weighted by atomic mass is 32.2. The second-order valence-electron chi connectivity index (χ2n) is 7.88. The van der Waals surface area contributed by atoms with Crippen LogP contribution in [0.2, 0.25) is 0 Å². The van der Waals surface area contributed by atoms with E-state index >= 15 is 0 Å². The number of amides is 1. The number of nitrogens with one attached hydrogen (secondary N) is 1. The van der Waals surface area contributed by atoms with Crippen LogP contribution in [0.4, 0.5) is 0 Å². The quantitative estimate of drug-likeness (QED) is 0.578. The minimum atomic E-state index is -0.642. The second-order valence-corrected chi connectivity index (χ2v) is 8.68. The van der Waals surface area contributed by atoms with Crippen molar-refractivity contribution in [2.75, 3.05) is 12.9 Å². The van der Waals surface area contributed by atoms with E-state index in [1.807, 2.05) is 6.26 Å². The number of ether oxygens (including phenoxy) is 1. The molecular formula is C21H27N3O3S. The fraction of sp³-hybridized carbons (Fsp3) is 0.619. The van der Waals surface area contributed by atoms with Gasteiger partial charge in [-0.1, -0.05) is 26.7 Å². The maximum absolute atomic E-state index is 12.6. The van der Waals surface area contributed by atoms with E-state index in [9.17, 15) is 14.9 Å². The summed E-state index contributed by atoms with van der Waals surface area (Å²) in [5, 5.41) is 13.0. The highest BCUT2D eigenvalue weighted by Crippen LogP contribution is 2.40. The van der Waals surface area contributed by atoms with Crippen molar-refractivity contribution in [1.82, 2.24) is 10.3 Å². The zero-order chi connectivity index (χ0) is 20.3. The molecule has 0 radical (unpaired) electrons. The van der Waals surface area contributed by atoms with Gasteiger partial charge in [-0.3, -0.25) is 4.79 Å². The molecule has 3 atom stereocenters. The Labute approximate surface area is 170 Å². The molecule has 1 aromatic rings. The molecule has 0 aliphatic heterocycles. The number of esters is 1. The summed E-state index contributed by atoms with van der Waals surface area (Å²) in [7, 11) is 0. The van der Waals surface area contributed by atoms with Crippen LogP contribution in [0.5, 0.6) is 0 Å². The molecule has 0 bridgehead atoms. The Kier molecular flexibility index (Phi) is 6.61. The van der Waals surface area contributed by atoms with Crippen molar-refractivity contribution in [3.05, 3.63) is 22.9 Å². The smallest absolute Gasteiger partial charge is 0.340 e. The van der Waals surface area contributed by atoms with Gasteiger partial charge in [0.05, 0.1) is 11.1 Å². The molecule has 2 saturated carbocycles. The first-order valence-electron chi connectivity index (χ1n) is 9.90. The van der Waals surface area contributed by atoms with Crippen LogP contribution in [0.1, 0.15) is 73.5 Å². The summed E-state index contributed by atoms with van der Waals surface area (Å²) in [6, 6.07) is 3.84. The van der Waals surface area contributed by atoms with Gasteiger partial charge >= 0.3 is 5.97 Å². The summed E-state index contributed by atoms with van der Waals surface area (Å²) in [5.41, 5.74) is 1.25. The standard InChI is InChI=1S/C21H27N3O3S/c1-12-5-4-6-17(13(12)2)23-19(25)11-27-21(26)15-9-18(14-7-8-14)24-20(28-3)16(15)10-22/h9,12-14,17H,4-8,11H2,1-3H3,(H,23,25)/t12-,13-,17-/m1/s1. The first-order valence-corrected chi connectivity index (χ1v) is 11.1. The zero-order valence-electron chi connectivity index (χ0n) is 16.7. The van der Waals surface area contributed by atoms with Gasteiger partial charge in [-0.15, -0.1) is 11.8 Å². The number of nitrogens with zero attached hydrogens (tertiary/aromatic N) is 2. The van der Waals surface area contributed by atoms with E-state index in [1.165, 1.54) is 18.2 Å². The Bertz CT molecular complexity index is 801. The fourth-order valence-corrected chi connectivity index (χ4v) is 4.35. The van der Waals surface area contributed by atoms with Crippen molar-refractivity contribution in [2.45, 2.75) is 62.9 Å². The maximum Gasteiger partial charge on any atom is 0.340 e. The Hall–Kier alpha value is -2.07. The van der Waals surface area contributed by atoms with Crippen LogP contribution in [-0.2, 0) is 9.53 Å². The molecular weight excluding hydrogens is 374 g/mol. The Balaban J connectivity index is 1.65. The SMILES string of the molecule is CSc1nc(C2CC2)cc(C(=O)OCC(=O)N[C@@H]2CCC[C@@H](C)[C@H]2C)c1C#N. The molecule has 150 valence electrons. The van der Waals surface area contributed by atoms with Gasteiger partial charge in [0, 0.05) is 17.7 Å². The third-order valence-electron chi connectivity index (χ3n) is 5.91. The average Bonchev–Trinajstić information content (AvgIpc) is 3.53. The number of thioether (sulfide) groups is 1. The topological polar surface area (TPSA) is 92.1 Å². The molecule has 6 nitrogen and oxygen atoms in total.